The number of rotatable bonds is 2. The van der Waals surface area contributed by atoms with Crippen LogP contribution >= 0.6 is 50.5 Å². The Morgan fingerprint density at radius 1 is 1.20 bits per heavy atom. The van der Waals surface area contributed by atoms with Crippen molar-refractivity contribution in [3.8, 4) is 16.4 Å². The van der Waals surface area contributed by atoms with Gasteiger partial charge in [0.25, 0.3) is 0 Å². The number of pyridine rings is 1. The normalized spacial score (nSPS) is 11.8. The number of benzene rings is 1. The first-order chi connectivity index (χ1) is 11.7. The minimum absolute atomic E-state index is 0.0101. The molecule has 0 unspecified atom stereocenters. The molecule has 0 saturated heterocycles. The number of halogens is 6. The Balaban J connectivity index is 2.16. The van der Waals surface area contributed by atoms with Crippen molar-refractivity contribution < 1.29 is 13.2 Å². The van der Waals surface area contributed by atoms with Gasteiger partial charge in [0.1, 0.15) is 11.4 Å². The number of hydrogen-bond acceptors (Lipinski definition) is 4. The van der Waals surface area contributed by atoms with E-state index < -0.39 is 11.7 Å². The number of alkyl halides is 3. The summed E-state index contributed by atoms with van der Waals surface area (Å²) in [5, 5.41) is 12.2. The molecular weight excluding hydrogens is 464 g/mol. The van der Waals surface area contributed by atoms with E-state index in [9.17, 15) is 13.2 Å². The maximum absolute atomic E-state index is 12.8. The Labute approximate surface area is 161 Å². The second kappa shape index (κ2) is 6.71. The van der Waals surface area contributed by atoms with Crippen LogP contribution in [0.25, 0.3) is 16.4 Å². The summed E-state index contributed by atoms with van der Waals surface area (Å²) in [6, 6.07) is 4.99. The summed E-state index contributed by atoms with van der Waals surface area (Å²) in [5.74, 6) is 0. The highest BCUT2D eigenvalue weighted by molar-refractivity contribution is 9.10. The lowest BCUT2D eigenvalue weighted by Crippen LogP contribution is -2.14. The summed E-state index contributed by atoms with van der Waals surface area (Å²) >= 11 is 16.3. The Hall–Kier alpha value is -1.42. The maximum Gasteiger partial charge on any atom is 0.416 e. The fourth-order valence-electron chi connectivity index (χ4n) is 2.01. The lowest BCUT2D eigenvalue weighted by atomic mass is 10.2. The zero-order valence-corrected chi connectivity index (χ0v) is 15.8. The van der Waals surface area contributed by atoms with Crippen molar-refractivity contribution in [3.63, 3.8) is 0 Å². The lowest BCUT2D eigenvalue weighted by molar-refractivity contribution is -0.137. The van der Waals surface area contributed by atoms with Crippen LogP contribution in [0.5, 0.6) is 0 Å². The Morgan fingerprint density at radius 3 is 2.40 bits per heavy atom. The predicted octanol–water partition coefficient (Wildman–Crippen LogP) is 5.56. The number of aromatic nitrogens is 3. The fraction of sp³-hybridized carbons (Fsp3) is 0.0714. The van der Waals surface area contributed by atoms with Gasteiger partial charge >= 0.3 is 6.18 Å². The van der Waals surface area contributed by atoms with Crippen molar-refractivity contribution in [1.82, 2.24) is 14.8 Å². The Bertz CT molecular complexity index is 993. The van der Waals surface area contributed by atoms with Gasteiger partial charge in [0, 0.05) is 10.7 Å². The largest absolute Gasteiger partial charge is 0.416 e. The SMILES string of the molecule is N=c1sc(-c2ncccc2Br)nn1-c1c(Cl)cc(C(F)(F)F)cc1Cl. The van der Waals surface area contributed by atoms with Crippen LogP contribution in [0.1, 0.15) is 5.56 Å². The van der Waals surface area contributed by atoms with Gasteiger partial charge in [0.05, 0.1) is 15.6 Å². The van der Waals surface area contributed by atoms with E-state index in [1.54, 1.807) is 18.3 Å². The number of hydrogen-bond donors (Lipinski definition) is 1. The van der Waals surface area contributed by atoms with E-state index in [1.807, 2.05) is 0 Å². The van der Waals surface area contributed by atoms with Crippen LogP contribution in [-0.4, -0.2) is 14.8 Å². The van der Waals surface area contributed by atoms with Crippen LogP contribution in [0.4, 0.5) is 13.2 Å². The van der Waals surface area contributed by atoms with Crippen molar-refractivity contribution in [2.75, 3.05) is 0 Å². The Morgan fingerprint density at radius 2 is 1.84 bits per heavy atom. The van der Waals surface area contributed by atoms with E-state index in [0.717, 1.165) is 28.2 Å². The van der Waals surface area contributed by atoms with Crippen LogP contribution in [0.15, 0.2) is 34.9 Å². The molecule has 3 aromatic rings. The van der Waals surface area contributed by atoms with Crippen molar-refractivity contribution in [1.29, 1.82) is 5.41 Å². The molecule has 0 aliphatic heterocycles. The predicted molar refractivity (Wildman–Crippen MR) is 93.2 cm³/mol. The van der Waals surface area contributed by atoms with E-state index in [0.29, 0.717) is 15.2 Å². The van der Waals surface area contributed by atoms with Crippen molar-refractivity contribution in [3.05, 3.63) is 55.3 Å². The first-order valence-electron chi connectivity index (χ1n) is 6.50. The van der Waals surface area contributed by atoms with E-state index in [4.69, 9.17) is 28.6 Å². The molecule has 0 saturated carbocycles. The molecule has 11 heteroatoms. The highest BCUT2D eigenvalue weighted by Gasteiger charge is 2.32. The molecule has 2 heterocycles. The monoisotopic (exact) mass is 468 g/mol. The van der Waals surface area contributed by atoms with Crippen molar-refractivity contribution in [2.45, 2.75) is 6.18 Å². The molecule has 130 valence electrons. The van der Waals surface area contributed by atoms with Gasteiger partial charge in [-0.15, -0.1) is 0 Å². The molecule has 2 aromatic heterocycles. The molecule has 4 nitrogen and oxygen atoms in total. The molecule has 0 bridgehead atoms. The summed E-state index contributed by atoms with van der Waals surface area (Å²) in [7, 11) is 0. The van der Waals surface area contributed by atoms with Gasteiger partial charge in [-0.1, -0.05) is 34.5 Å². The summed E-state index contributed by atoms with van der Waals surface area (Å²) in [6.45, 7) is 0. The molecule has 25 heavy (non-hydrogen) atoms. The third-order valence-electron chi connectivity index (χ3n) is 3.09. The summed E-state index contributed by atoms with van der Waals surface area (Å²) in [4.78, 5) is 4.12. The van der Waals surface area contributed by atoms with Gasteiger partial charge in [-0.2, -0.15) is 18.3 Å². The first-order valence-corrected chi connectivity index (χ1v) is 8.87. The molecule has 3 rings (SSSR count). The van der Waals surface area contributed by atoms with E-state index in [-0.39, 0.29) is 20.5 Å². The quantitative estimate of drug-likeness (QED) is 0.533. The standard InChI is InChI=1S/C14H6BrCl2F3N4S/c15-7-2-1-3-22-10(7)12-23-24(13(21)25-12)11-8(16)4-6(5-9(11)17)14(18,19)20/h1-5,21H. The maximum atomic E-state index is 12.8. The molecular formula is C14H6BrCl2F3N4S. The van der Waals surface area contributed by atoms with Gasteiger partial charge < -0.3 is 0 Å². The molecule has 1 aromatic carbocycles. The van der Waals surface area contributed by atoms with Crippen LogP contribution in [0.2, 0.25) is 10.0 Å². The van der Waals surface area contributed by atoms with E-state index in [2.05, 4.69) is 26.0 Å². The van der Waals surface area contributed by atoms with Gasteiger partial charge in [-0.3, -0.25) is 10.4 Å². The fourth-order valence-corrected chi connectivity index (χ4v) is 4.02. The molecule has 0 amide bonds. The summed E-state index contributed by atoms with van der Waals surface area (Å²) in [6.07, 6.45) is -3.01. The average molecular weight is 470 g/mol. The smallest absolute Gasteiger partial charge is 0.273 e. The van der Waals surface area contributed by atoms with Crippen LogP contribution < -0.4 is 4.80 Å². The van der Waals surface area contributed by atoms with Gasteiger partial charge in [-0.25, -0.2) is 4.68 Å². The summed E-state index contributed by atoms with van der Waals surface area (Å²) < 4.78 is 40.3. The second-order valence-electron chi connectivity index (χ2n) is 4.74. The molecule has 0 spiro atoms. The zero-order valence-electron chi connectivity index (χ0n) is 11.9. The molecule has 0 atom stereocenters. The molecule has 1 N–H and O–H groups in total. The molecule has 0 aliphatic rings. The highest BCUT2D eigenvalue weighted by atomic mass is 79.9. The number of nitrogens with zero attached hydrogens (tertiary/aromatic N) is 3. The molecule has 0 radical (unpaired) electrons. The third kappa shape index (κ3) is 3.59. The van der Waals surface area contributed by atoms with Crippen molar-refractivity contribution >= 4 is 50.5 Å². The lowest BCUT2D eigenvalue weighted by Gasteiger charge is -2.12. The summed E-state index contributed by atoms with van der Waals surface area (Å²) in [5.41, 5.74) is -0.462. The van der Waals surface area contributed by atoms with E-state index in [1.165, 1.54) is 0 Å². The van der Waals surface area contributed by atoms with Gasteiger partial charge in [0.2, 0.25) is 4.80 Å². The minimum atomic E-state index is -4.58. The first kappa shape index (κ1) is 18.4. The van der Waals surface area contributed by atoms with Gasteiger partial charge in [0.15, 0.2) is 5.01 Å². The highest BCUT2D eigenvalue weighted by Crippen LogP contribution is 2.37. The second-order valence-corrected chi connectivity index (χ2v) is 7.39. The topological polar surface area (TPSA) is 54.6 Å². The average Bonchev–Trinajstić information content (AvgIpc) is 2.87. The van der Waals surface area contributed by atoms with Gasteiger partial charge in [-0.05, 0) is 40.2 Å². The van der Waals surface area contributed by atoms with Crippen LogP contribution in [-0.2, 0) is 6.18 Å². The van der Waals surface area contributed by atoms with Crippen molar-refractivity contribution in [2.24, 2.45) is 0 Å². The number of nitrogens with one attached hydrogen (secondary N) is 1. The third-order valence-corrected chi connectivity index (χ3v) is 5.14. The van der Waals surface area contributed by atoms with E-state index >= 15 is 0 Å². The molecule has 0 fully saturated rings. The van der Waals surface area contributed by atoms with Crippen LogP contribution in [0, 0.1) is 5.41 Å². The zero-order chi connectivity index (χ0) is 18.4. The Kier molecular flexibility index (Phi) is 4.93. The molecule has 0 aliphatic carbocycles. The van der Waals surface area contributed by atoms with Crippen LogP contribution in [0.3, 0.4) is 0 Å². The minimum Gasteiger partial charge on any atom is -0.273 e.